The summed E-state index contributed by atoms with van der Waals surface area (Å²) in [4.78, 5) is 17.5. The van der Waals surface area contributed by atoms with Gasteiger partial charge in [-0.15, -0.1) is 0 Å². The first-order valence-corrected chi connectivity index (χ1v) is 9.72. The fourth-order valence-corrected chi connectivity index (χ4v) is 4.67. The van der Waals surface area contributed by atoms with E-state index in [1.807, 2.05) is 36.4 Å². The number of rotatable bonds is 3. The third-order valence-electron chi connectivity index (χ3n) is 6.11. The second-order valence-corrected chi connectivity index (χ2v) is 7.65. The highest BCUT2D eigenvalue weighted by Gasteiger charge is 2.47. The summed E-state index contributed by atoms with van der Waals surface area (Å²) in [5.74, 6) is 0.0433. The number of aromatic nitrogens is 1. The zero-order chi connectivity index (χ0) is 19.0. The number of carbonyl (C=O) groups excluding carboxylic acids is 1. The lowest BCUT2D eigenvalue weighted by atomic mass is 9.74. The Morgan fingerprint density at radius 2 is 1.79 bits per heavy atom. The molecule has 1 aromatic heterocycles. The first-order valence-electron chi connectivity index (χ1n) is 9.72. The van der Waals surface area contributed by atoms with Crippen molar-refractivity contribution in [2.75, 3.05) is 13.2 Å². The number of hydrogen-bond acceptors (Lipinski definition) is 4. The molecular weight excluding hydrogens is 352 g/mol. The summed E-state index contributed by atoms with van der Waals surface area (Å²) in [7, 11) is 0. The number of nitrogens with zero attached hydrogens (tertiary/aromatic N) is 1. The van der Waals surface area contributed by atoms with Gasteiger partial charge in [0.15, 0.2) is 6.39 Å². The highest BCUT2D eigenvalue weighted by molar-refractivity contribution is 5.97. The van der Waals surface area contributed by atoms with Gasteiger partial charge in [0.2, 0.25) is 5.76 Å². The molecule has 0 radical (unpaired) electrons. The van der Waals surface area contributed by atoms with Crippen molar-refractivity contribution in [2.45, 2.75) is 25.3 Å². The van der Waals surface area contributed by atoms with Gasteiger partial charge in [-0.1, -0.05) is 54.6 Å². The third kappa shape index (κ3) is 2.83. The van der Waals surface area contributed by atoms with Crippen LogP contribution < -0.4 is 5.32 Å². The Labute approximate surface area is 163 Å². The molecule has 28 heavy (non-hydrogen) atoms. The normalized spacial score (nSPS) is 20.1. The zero-order valence-corrected chi connectivity index (χ0v) is 15.6. The second-order valence-electron chi connectivity index (χ2n) is 7.65. The molecule has 1 amide bonds. The minimum absolute atomic E-state index is 0.00449. The Morgan fingerprint density at radius 3 is 2.61 bits per heavy atom. The van der Waals surface area contributed by atoms with Crippen LogP contribution in [-0.2, 0) is 11.2 Å². The van der Waals surface area contributed by atoms with Crippen LogP contribution in [0.25, 0.3) is 11.3 Å². The van der Waals surface area contributed by atoms with E-state index in [2.05, 4.69) is 28.5 Å². The number of amides is 1. The Morgan fingerprint density at radius 1 is 1.04 bits per heavy atom. The molecule has 1 N–H and O–H groups in total. The summed E-state index contributed by atoms with van der Waals surface area (Å²) in [6.45, 7) is 1.47. The summed E-state index contributed by atoms with van der Waals surface area (Å²) in [5.41, 5.74) is 3.97. The van der Waals surface area contributed by atoms with E-state index in [0.29, 0.717) is 5.69 Å². The van der Waals surface area contributed by atoms with Crippen LogP contribution in [0.5, 0.6) is 0 Å². The molecule has 0 saturated carbocycles. The molecule has 0 bridgehead atoms. The number of nitrogens with one attached hydrogen (secondary N) is 1. The van der Waals surface area contributed by atoms with Gasteiger partial charge >= 0.3 is 0 Å². The van der Waals surface area contributed by atoms with Gasteiger partial charge in [-0.3, -0.25) is 4.79 Å². The van der Waals surface area contributed by atoms with E-state index in [9.17, 15) is 4.79 Å². The molecule has 1 spiro atoms. The van der Waals surface area contributed by atoms with Crippen LogP contribution in [-0.4, -0.2) is 24.1 Å². The van der Waals surface area contributed by atoms with Gasteiger partial charge in [0.05, 0.1) is 6.04 Å². The van der Waals surface area contributed by atoms with Crippen molar-refractivity contribution >= 4 is 5.91 Å². The number of fused-ring (bicyclic) bond motifs is 1. The lowest BCUT2D eigenvalue weighted by molar-refractivity contribution is 0.000357. The van der Waals surface area contributed by atoms with Crippen LogP contribution in [0, 0.1) is 5.41 Å². The Balaban J connectivity index is 1.48. The number of benzene rings is 2. The average Bonchev–Trinajstić information content (AvgIpc) is 3.33. The predicted molar refractivity (Wildman–Crippen MR) is 105 cm³/mol. The molecule has 1 fully saturated rings. The molecule has 2 aliphatic rings. The topological polar surface area (TPSA) is 64.4 Å². The smallest absolute Gasteiger partial charge is 0.289 e. The third-order valence-corrected chi connectivity index (χ3v) is 6.11. The summed E-state index contributed by atoms with van der Waals surface area (Å²) >= 11 is 0. The van der Waals surface area contributed by atoms with Gasteiger partial charge in [0.25, 0.3) is 5.91 Å². The van der Waals surface area contributed by atoms with Crippen molar-refractivity contribution in [3.8, 4) is 11.3 Å². The van der Waals surface area contributed by atoms with Gasteiger partial charge in [0.1, 0.15) is 5.69 Å². The van der Waals surface area contributed by atoms with Crippen molar-refractivity contribution in [1.29, 1.82) is 0 Å². The van der Waals surface area contributed by atoms with Crippen LogP contribution in [0.1, 0.15) is 40.6 Å². The monoisotopic (exact) mass is 374 g/mol. The summed E-state index contributed by atoms with van der Waals surface area (Å²) < 4.78 is 11.1. The molecule has 5 heteroatoms. The standard InChI is InChI=1S/C23H22N2O3/c26-22(20-19(24-15-28-20)16-6-2-1-3-7-16)25-21-18-9-5-4-8-17(18)14-23(21)10-12-27-13-11-23/h1-9,15,21H,10-14H2,(H,25,26). The van der Waals surface area contributed by atoms with Crippen molar-refractivity contribution in [3.63, 3.8) is 0 Å². The first kappa shape index (κ1) is 17.2. The Kier molecular flexibility index (Phi) is 4.24. The van der Waals surface area contributed by atoms with Crippen LogP contribution in [0.2, 0.25) is 0 Å². The molecule has 1 aliphatic carbocycles. The van der Waals surface area contributed by atoms with Crippen molar-refractivity contribution in [1.82, 2.24) is 10.3 Å². The van der Waals surface area contributed by atoms with Gasteiger partial charge in [0, 0.05) is 24.2 Å². The van der Waals surface area contributed by atoms with E-state index in [-0.39, 0.29) is 23.1 Å². The second kappa shape index (κ2) is 6.91. The lowest BCUT2D eigenvalue weighted by Crippen LogP contribution is -2.42. The maximum Gasteiger partial charge on any atom is 0.289 e. The number of carbonyl (C=O) groups is 1. The highest BCUT2D eigenvalue weighted by atomic mass is 16.5. The van der Waals surface area contributed by atoms with Gasteiger partial charge in [-0.2, -0.15) is 0 Å². The van der Waals surface area contributed by atoms with Crippen molar-refractivity contribution in [3.05, 3.63) is 77.9 Å². The van der Waals surface area contributed by atoms with E-state index < -0.39 is 0 Å². The Hall–Kier alpha value is -2.92. The largest absolute Gasteiger partial charge is 0.438 e. The molecule has 1 aliphatic heterocycles. The van der Waals surface area contributed by atoms with Crippen LogP contribution in [0.4, 0.5) is 0 Å². The van der Waals surface area contributed by atoms with E-state index in [4.69, 9.17) is 9.15 Å². The fraction of sp³-hybridized carbons (Fsp3) is 0.304. The molecule has 2 heterocycles. The zero-order valence-electron chi connectivity index (χ0n) is 15.6. The van der Waals surface area contributed by atoms with E-state index in [0.717, 1.165) is 38.0 Å². The summed E-state index contributed by atoms with van der Waals surface area (Å²) in [6, 6.07) is 18.0. The van der Waals surface area contributed by atoms with Crippen LogP contribution in [0.3, 0.4) is 0 Å². The molecule has 5 nitrogen and oxygen atoms in total. The summed E-state index contributed by atoms with van der Waals surface area (Å²) in [5, 5.41) is 3.28. The molecule has 1 atom stereocenters. The number of hydrogen-bond donors (Lipinski definition) is 1. The molecular formula is C23H22N2O3. The van der Waals surface area contributed by atoms with E-state index in [1.54, 1.807) is 0 Å². The Bertz CT molecular complexity index is 990. The maximum absolute atomic E-state index is 13.2. The highest BCUT2D eigenvalue weighted by Crippen LogP contribution is 2.51. The van der Waals surface area contributed by atoms with Gasteiger partial charge in [-0.05, 0) is 30.4 Å². The fourth-order valence-electron chi connectivity index (χ4n) is 4.67. The molecule has 5 rings (SSSR count). The van der Waals surface area contributed by atoms with Gasteiger partial charge < -0.3 is 14.5 Å². The number of ether oxygens (including phenoxy) is 1. The van der Waals surface area contributed by atoms with Crippen LogP contribution >= 0.6 is 0 Å². The maximum atomic E-state index is 13.2. The average molecular weight is 374 g/mol. The van der Waals surface area contributed by atoms with Gasteiger partial charge in [-0.25, -0.2) is 4.98 Å². The van der Waals surface area contributed by atoms with E-state index in [1.165, 1.54) is 17.5 Å². The minimum Gasteiger partial charge on any atom is -0.438 e. The lowest BCUT2D eigenvalue weighted by Gasteiger charge is -2.39. The molecule has 1 saturated heterocycles. The quantitative estimate of drug-likeness (QED) is 0.747. The molecule has 2 aromatic carbocycles. The van der Waals surface area contributed by atoms with Crippen LogP contribution in [0.15, 0.2) is 65.4 Å². The minimum atomic E-state index is -0.219. The molecule has 3 aromatic rings. The predicted octanol–water partition coefficient (Wildman–Crippen LogP) is 4.17. The summed E-state index contributed by atoms with van der Waals surface area (Å²) in [6.07, 6.45) is 4.19. The first-order chi connectivity index (χ1) is 13.8. The number of oxazole rings is 1. The van der Waals surface area contributed by atoms with Crippen molar-refractivity contribution in [2.24, 2.45) is 5.41 Å². The SMILES string of the molecule is O=C(NC1c2ccccc2CC12CCOCC2)c1ocnc1-c1ccccc1. The molecule has 142 valence electrons. The van der Waals surface area contributed by atoms with Crippen molar-refractivity contribution < 1.29 is 13.9 Å². The molecule has 1 unspecified atom stereocenters. The van der Waals surface area contributed by atoms with E-state index >= 15 is 0 Å².